The zero-order chi connectivity index (χ0) is 14.5. The van der Waals surface area contributed by atoms with Crippen molar-refractivity contribution in [2.75, 3.05) is 39.8 Å². The molecule has 4 nitrogen and oxygen atoms in total. The van der Waals surface area contributed by atoms with Crippen molar-refractivity contribution >= 4 is 5.78 Å². The Morgan fingerprint density at radius 3 is 2.40 bits per heavy atom. The summed E-state index contributed by atoms with van der Waals surface area (Å²) in [6.45, 7) is 8.93. The van der Waals surface area contributed by atoms with Crippen molar-refractivity contribution < 1.29 is 9.53 Å². The fourth-order valence-electron chi connectivity index (χ4n) is 2.80. The first kappa shape index (κ1) is 15.0. The Hall–Kier alpha value is -1.39. The Bertz CT molecular complexity index is 456. The predicted octanol–water partition coefficient (Wildman–Crippen LogP) is 1.79. The summed E-state index contributed by atoms with van der Waals surface area (Å²) in [4.78, 5) is 14.8. The highest BCUT2D eigenvalue weighted by Crippen LogP contribution is 2.23. The van der Waals surface area contributed by atoms with Crippen LogP contribution in [0, 0.1) is 13.8 Å². The van der Waals surface area contributed by atoms with E-state index in [1.54, 1.807) is 7.11 Å². The molecule has 1 aliphatic heterocycles. The molecule has 110 valence electrons. The number of Topliss-reactive ketones (excluding diaryl/α,β-unsaturated/α-hetero) is 1. The number of piperazine rings is 1. The Kier molecular flexibility index (Phi) is 5.15. The number of hydrogen-bond donors (Lipinski definition) is 1. The molecule has 1 aromatic carbocycles. The number of hydrogen-bond acceptors (Lipinski definition) is 4. The fraction of sp³-hybridized carbons (Fsp3) is 0.562. The fourth-order valence-corrected chi connectivity index (χ4v) is 2.80. The molecule has 0 saturated carbocycles. The molecule has 2 rings (SSSR count). The molecular formula is C16H24N2O2. The summed E-state index contributed by atoms with van der Waals surface area (Å²) < 4.78 is 5.24. The molecule has 0 aromatic heterocycles. The minimum Gasteiger partial charge on any atom is -0.497 e. The van der Waals surface area contributed by atoms with Crippen LogP contribution in [-0.2, 0) is 0 Å². The van der Waals surface area contributed by atoms with Crippen molar-refractivity contribution in [3.8, 4) is 5.75 Å². The van der Waals surface area contributed by atoms with Gasteiger partial charge in [0.2, 0.25) is 0 Å². The van der Waals surface area contributed by atoms with Gasteiger partial charge in [0.25, 0.3) is 0 Å². The molecule has 0 aliphatic carbocycles. The Morgan fingerprint density at radius 2 is 1.85 bits per heavy atom. The molecule has 1 aromatic rings. The van der Waals surface area contributed by atoms with Crippen LogP contribution in [0.4, 0.5) is 0 Å². The van der Waals surface area contributed by atoms with Crippen LogP contribution in [0.1, 0.15) is 27.9 Å². The average Bonchev–Trinajstić information content (AvgIpc) is 2.45. The summed E-state index contributed by atoms with van der Waals surface area (Å²) in [5.41, 5.74) is 2.88. The van der Waals surface area contributed by atoms with Crippen LogP contribution in [0.5, 0.6) is 5.75 Å². The van der Waals surface area contributed by atoms with Gasteiger partial charge in [-0.1, -0.05) is 0 Å². The standard InChI is InChI=1S/C16H24N2O2/c1-12-10-14(20-3)11-13(2)16(12)15(19)4-7-18-8-5-17-6-9-18/h10-11,17H,4-9H2,1-3H3. The van der Waals surface area contributed by atoms with Gasteiger partial charge in [-0.15, -0.1) is 0 Å². The lowest BCUT2D eigenvalue weighted by Crippen LogP contribution is -2.44. The molecule has 1 saturated heterocycles. The number of ether oxygens (including phenoxy) is 1. The Labute approximate surface area is 121 Å². The Morgan fingerprint density at radius 1 is 1.25 bits per heavy atom. The molecule has 0 amide bonds. The maximum Gasteiger partial charge on any atom is 0.164 e. The number of methoxy groups -OCH3 is 1. The monoisotopic (exact) mass is 276 g/mol. The molecule has 0 spiro atoms. The number of nitrogens with zero attached hydrogens (tertiary/aromatic N) is 1. The molecular weight excluding hydrogens is 252 g/mol. The van der Waals surface area contributed by atoms with Gasteiger partial charge in [0, 0.05) is 44.7 Å². The van der Waals surface area contributed by atoms with Gasteiger partial charge in [-0.3, -0.25) is 4.79 Å². The van der Waals surface area contributed by atoms with Gasteiger partial charge in [-0.25, -0.2) is 0 Å². The second-order valence-corrected chi connectivity index (χ2v) is 5.40. The zero-order valence-corrected chi connectivity index (χ0v) is 12.7. The predicted molar refractivity (Wildman–Crippen MR) is 80.7 cm³/mol. The second-order valence-electron chi connectivity index (χ2n) is 5.40. The van der Waals surface area contributed by atoms with Gasteiger partial charge in [-0.2, -0.15) is 0 Å². The second kappa shape index (κ2) is 6.86. The summed E-state index contributed by atoms with van der Waals surface area (Å²) in [5.74, 6) is 1.06. The normalized spacial score (nSPS) is 16.1. The van der Waals surface area contributed by atoms with Crippen molar-refractivity contribution in [2.45, 2.75) is 20.3 Å². The number of carbonyl (C=O) groups is 1. The minimum atomic E-state index is 0.237. The van der Waals surface area contributed by atoms with Crippen molar-refractivity contribution in [3.63, 3.8) is 0 Å². The van der Waals surface area contributed by atoms with Crippen LogP contribution in [0.15, 0.2) is 12.1 Å². The number of ketones is 1. The summed E-state index contributed by atoms with van der Waals surface area (Å²) in [7, 11) is 1.65. The molecule has 0 atom stereocenters. The van der Waals surface area contributed by atoms with E-state index < -0.39 is 0 Å². The highest BCUT2D eigenvalue weighted by molar-refractivity contribution is 5.99. The van der Waals surface area contributed by atoms with E-state index in [0.29, 0.717) is 6.42 Å². The van der Waals surface area contributed by atoms with Crippen molar-refractivity contribution in [3.05, 3.63) is 28.8 Å². The van der Waals surface area contributed by atoms with Crippen LogP contribution in [0.25, 0.3) is 0 Å². The lowest BCUT2D eigenvalue weighted by molar-refractivity contribution is 0.0959. The highest BCUT2D eigenvalue weighted by Gasteiger charge is 2.16. The summed E-state index contributed by atoms with van der Waals surface area (Å²) in [6.07, 6.45) is 0.591. The van der Waals surface area contributed by atoms with Crippen molar-refractivity contribution in [1.29, 1.82) is 0 Å². The van der Waals surface area contributed by atoms with Crippen LogP contribution in [0.3, 0.4) is 0 Å². The maximum atomic E-state index is 12.4. The largest absolute Gasteiger partial charge is 0.497 e. The molecule has 1 N–H and O–H groups in total. The first-order valence-corrected chi connectivity index (χ1v) is 7.23. The molecule has 1 aliphatic rings. The number of rotatable bonds is 5. The number of aryl methyl sites for hydroxylation is 2. The third kappa shape index (κ3) is 3.58. The SMILES string of the molecule is COc1cc(C)c(C(=O)CCN2CCNCC2)c(C)c1. The van der Waals surface area contributed by atoms with Crippen LogP contribution < -0.4 is 10.1 Å². The van der Waals surface area contributed by atoms with Gasteiger partial charge in [0.1, 0.15) is 5.75 Å². The molecule has 1 fully saturated rings. The Balaban J connectivity index is 2.01. The highest BCUT2D eigenvalue weighted by atomic mass is 16.5. The molecule has 0 radical (unpaired) electrons. The molecule has 4 heteroatoms. The van der Waals surface area contributed by atoms with E-state index in [9.17, 15) is 4.79 Å². The van der Waals surface area contributed by atoms with E-state index in [1.165, 1.54) is 0 Å². The summed E-state index contributed by atoms with van der Waals surface area (Å²) in [6, 6.07) is 3.87. The lowest BCUT2D eigenvalue weighted by Gasteiger charge is -2.26. The molecule has 0 unspecified atom stereocenters. The third-order valence-electron chi connectivity index (χ3n) is 3.89. The van der Waals surface area contributed by atoms with Gasteiger partial charge < -0.3 is 15.0 Å². The first-order valence-electron chi connectivity index (χ1n) is 7.23. The quantitative estimate of drug-likeness (QED) is 0.833. The van der Waals surface area contributed by atoms with Crippen LogP contribution in [-0.4, -0.2) is 50.5 Å². The van der Waals surface area contributed by atoms with E-state index in [4.69, 9.17) is 4.74 Å². The van der Waals surface area contributed by atoms with E-state index in [2.05, 4.69) is 10.2 Å². The topological polar surface area (TPSA) is 41.6 Å². The number of carbonyl (C=O) groups excluding carboxylic acids is 1. The van der Waals surface area contributed by atoms with Gasteiger partial charge in [-0.05, 0) is 37.1 Å². The van der Waals surface area contributed by atoms with Gasteiger partial charge in [0.15, 0.2) is 5.78 Å². The smallest absolute Gasteiger partial charge is 0.164 e. The zero-order valence-electron chi connectivity index (χ0n) is 12.7. The van der Waals surface area contributed by atoms with Crippen LogP contribution in [0.2, 0.25) is 0 Å². The van der Waals surface area contributed by atoms with Gasteiger partial charge in [0.05, 0.1) is 7.11 Å². The number of nitrogens with one attached hydrogen (secondary N) is 1. The van der Waals surface area contributed by atoms with E-state index >= 15 is 0 Å². The van der Waals surface area contributed by atoms with Crippen molar-refractivity contribution in [1.82, 2.24) is 10.2 Å². The molecule has 0 bridgehead atoms. The van der Waals surface area contributed by atoms with Gasteiger partial charge >= 0.3 is 0 Å². The molecule has 20 heavy (non-hydrogen) atoms. The molecule has 1 heterocycles. The average molecular weight is 276 g/mol. The minimum absolute atomic E-state index is 0.237. The maximum absolute atomic E-state index is 12.4. The third-order valence-corrected chi connectivity index (χ3v) is 3.89. The van der Waals surface area contributed by atoms with Crippen LogP contribution >= 0.6 is 0 Å². The van der Waals surface area contributed by atoms with E-state index in [-0.39, 0.29) is 5.78 Å². The number of benzene rings is 1. The summed E-state index contributed by atoms with van der Waals surface area (Å²) in [5, 5.41) is 3.32. The lowest BCUT2D eigenvalue weighted by atomic mass is 9.97. The van der Waals surface area contributed by atoms with E-state index in [0.717, 1.165) is 55.2 Å². The van der Waals surface area contributed by atoms with E-state index in [1.807, 2.05) is 26.0 Å². The first-order chi connectivity index (χ1) is 9.61. The summed E-state index contributed by atoms with van der Waals surface area (Å²) >= 11 is 0. The van der Waals surface area contributed by atoms with Crippen molar-refractivity contribution in [2.24, 2.45) is 0 Å².